The number of hydrogen-bond acceptors (Lipinski definition) is 6. The second-order valence-corrected chi connectivity index (χ2v) is 7.93. The van der Waals surface area contributed by atoms with Crippen LogP contribution in [0.15, 0.2) is 42.7 Å². The first kappa shape index (κ1) is 23.3. The van der Waals surface area contributed by atoms with Gasteiger partial charge in [-0.3, -0.25) is 9.48 Å². The van der Waals surface area contributed by atoms with Crippen LogP contribution >= 0.6 is 0 Å². The molecule has 9 heteroatoms. The monoisotopic (exact) mass is 461 g/mol. The number of nitrogens with zero attached hydrogens (tertiary/aromatic N) is 4. The predicted octanol–water partition coefficient (Wildman–Crippen LogP) is 2.02. The van der Waals surface area contributed by atoms with Crippen LogP contribution in [-0.2, 0) is 16.0 Å². The van der Waals surface area contributed by atoms with Gasteiger partial charge in [-0.05, 0) is 50.5 Å². The number of hydrogen-bond donors (Lipinski definition) is 2. The molecular weight excluding hydrogens is 434 g/mol. The highest BCUT2D eigenvalue weighted by molar-refractivity contribution is 5.89. The molecule has 1 aliphatic rings. The van der Waals surface area contributed by atoms with E-state index in [0.717, 1.165) is 36.2 Å². The van der Waals surface area contributed by atoms with E-state index in [1.54, 1.807) is 17.8 Å². The van der Waals surface area contributed by atoms with Crippen molar-refractivity contribution in [3.8, 4) is 17.5 Å². The van der Waals surface area contributed by atoms with E-state index in [1.165, 1.54) is 0 Å². The number of aromatic nitrogens is 4. The molecule has 0 radical (unpaired) electrons. The maximum absolute atomic E-state index is 12.8. The van der Waals surface area contributed by atoms with Crippen molar-refractivity contribution in [2.45, 2.75) is 44.8 Å². The van der Waals surface area contributed by atoms with Gasteiger partial charge in [0.2, 0.25) is 6.41 Å². The Morgan fingerprint density at radius 3 is 3.06 bits per heavy atom. The molecule has 0 spiro atoms. The van der Waals surface area contributed by atoms with Crippen LogP contribution in [-0.4, -0.2) is 56.3 Å². The third-order valence-electron chi connectivity index (χ3n) is 5.68. The van der Waals surface area contributed by atoms with Crippen molar-refractivity contribution in [3.63, 3.8) is 0 Å². The molecule has 2 aromatic heterocycles. The maximum atomic E-state index is 12.8. The summed E-state index contributed by atoms with van der Waals surface area (Å²) in [6.07, 6.45) is 6.29. The summed E-state index contributed by atoms with van der Waals surface area (Å²) in [5.74, 6) is 5.33. The van der Waals surface area contributed by atoms with Crippen molar-refractivity contribution in [2.24, 2.45) is 0 Å². The van der Waals surface area contributed by atoms with Gasteiger partial charge in [-0.1, -0.05) is 17.9 Å². The number of benzene rings is 1. The Labute approximate surface area is 197 Å². The molecule has 2 atom stereocenters. The van der Waals surface area contributed by atoms with Gasteiger partial charge < -0.3 is 15.2 Å². The standard InChI is InChI=1S/C25H27N5O4/c1-2-34-25(33)24-23-21(29-15-5-13-27-29)8-4-9-22(23)30(28-24)19-7-3-6-18(16-19)10-11-20(32)12-14-26-17-31/h3,5-7,13,15-17,20-21,32H,2,4,8-9,12,14H2,1H3,(H,26,31). The molecule has 0 aliphatic heterocycles. The normalized spacial score (nSPS) is 15.5. The molecule has 0 fully saturated rings. The summed E-state index contributed by atoms with van der Waals surface area (Å²) in [6.45, 7) is 2.40. The first-order chi connectivity index (χ1) is 16.6. The van der Waals surface area contributed by atoms with Gasteiger partial charge in [0.15, 0.2) is 5.69 Å². The Hall–Kier alpha value is -3.90. The van der Waals surface area contributed by atoms with Gasteiger partial charge in [0.25, 0.3) is 0 Å². The van der Waals surface area contributed by atoms with Crippen LogP contribution in [0.4, 0.5) is 0 Å². The fraction of sp³-hybridized carbons (Fsp3) is 0.360. The van der Waals surface area contributed by atoms with Crippen LogP contribution in [0.25, 0.3) is 5.69 Å². The summed E-state index contributed by atoms with van der Waals surface area (Å²) < 4.78 is 8.99. The number of rotatable bonds is 8. The molecule has 3 aromatic rings. The molecule has 2 heterocycles. The number of carbonyl (C=O) groups is 2. The molecule has 34 heavy (non-hydrogen) atoms. The number of ether oxygens (including phenoxy) is 1. The topological polar surface area (TPSA) is 111 Å². The van der Waals surface area contributed by atoms with Gasteiger partial charge in [0, 0.05) is 36.5 Å². The minimum Gasteiger partial charge on any atom is -0.461 e. The van der Waals surface area contributed by atoms with Crippen molar-refractivity contribution in [1.82, 2.24) is 24.9 Å². The number of aliphatic hydroxyl groups excluding tert-OH is 1. The smallest absolute Gasteiger partial charge is 0.359 e. The van der Waals surface area contributed by atoms with Gasteiger partial charge in [0.05, 0.1) is 24.0 Å². The minimum absolute atomic E-state index is 0.0926. The predicted molar refractivity (Wildman–Crippen MR) is 124 cm³/mol. The van der Waals surface area contributed by atoms with Gasteiger partial charge in [0.1, 0.15) is 6.10 Å². The molecule has 2 N–H and O–H groups in total. The Kier molecular flexibility index (Phi) is 7.40. The third-order valence-corrected chi connectivity index (χ3v) is 5.68. The van der Waals surface area contributed by atoms with Gasteiger partial charge in [-0.15, -0.1) is 0 Å². The second-order valence-electron chi connectivity index (χ2n) is 7.93. The van der Waals surface area contributed by atoms with E-state index in [-0.39, 0.29) is 12.6 Å². The quantitative estimate of drug-likeness (QED) is 0.230. The Balaban J connectivity index is 1.70. The van der Waals surface area contributed by atoms with Crippen LogP contribution in [0.5, 0.6) is 0 Å². The molecule has 0 bridgehead atoms. The van der Waals surface area contributed by atoms with E-state index >= 15 is 0 Å². The highest BCUT2D eigenvalue weighted by Gasteiger charge is 2.33. The summed E-state index contributed by atoms with van der Waals surface area (Å²) in [6, 6.07) is 9.28. The lowest BCUT2D eigenvalue weighted by Gasteiger charge is -2.24. The summed E-state index contributed by atoms with van der Waals surface area (Å²) in [4.78, 5) is 23.2. The zero-order valence-electron chi connectivity index (χ0n) is 19.0. The van der Waals surface area contributed by atoms with E-state index in [2.05, 4.69) is 27.4 Å². The minimum atomic E-state index is -0.848. The zero-order valence-corrected chi connectivity index (χ0v) is 19.0. The largest absolute Gasteiger partial charge is 0.461 e. The van der Waals surface area contributed by atoms with Crippen LogP contribution in [0.2, 0.25) is 0 Å². The number of esters is 1. The molecule has 1 aromatic carbocycles. The lowest BCUT2D eigenvalue weighted by atomic mass is 9.90. The molecule has 4 rings (SSSR count). The number of fused-ring (bicyclic) bond motifs is 1. The fourth-order valence-corrected chi connectivity index (χ4v) is 4.19. The van der Waals surface area contributed by atoms with E-state index < -0.39 is 12.1 Å². The zero-order chi connectivity index (χ0) is 23.9. The van der Waals surface area contributed by atoms with Crippen molar-refractivity contribution in [2.75, 3.05) is 13.2 Å². The third kappa shape index (κ3) is 5.02. The van der Waals surface area contributed by atoms with Gasteiger partial charge in [-0.2, -0.15) is 10.2 Å². The average Bonchev–Trinajstić information content (AvgIpc) is 3.52. The van der Waals surface area contributed by atoms with Crippen molar-refractivity contribution < 1.29 is 19.4 Å². The van der Waals surface area contributed by atoms with E-state index in [1.807, 2.05) is 41.2 Å². The number of carbonyl (C=O) groups excluding carboxylic acids is 2. The summed E-state index contributed by atoms with van der Waals surface area (Å²) in [5.41, 5.74) is 3.60. The molecular formula is C25H27N5O4. The Morgan fingerprint density at radius 1 is 1.41 bits per heavy atom. The van der Waals surface area contributed by atoms with Crippen LogP contribution in [0, 0.1) is 11.8 Å². The molecule has 0 saturated heterocycles. The highest BCUT2D eigenvalue weighted by Crippen LogP contribution is 2.36. The first-order valence-electron chi connectivity index (χ1n) is 11.4. The Bertz CT molecular complexity index is 1210. The molecule has 9 nitrogen and oxygen atoms in total. The van der Waals surface area contributed by atoms with Gasteiger partial charge in [-0.25, -0.2) is 9.48 Å². The van der Waals surface area contributed by atoms with Crippen LogP contribution in [0.1, 0.15) is 59.5 Å². The summed E-state index contributed by atoms with van der Waals surface area (Å²) in [5, 5.41) is 21.6. The molecule has 1 aliphatic carbocycles. The Morgan fingerprint density at radius 2 is 2.29 bits per heavy atom. The van der Waals surface area contributed by atoms with E-state index in [9.17, 15) is 14.7 Å². The molecule has 2 unspecified atom stereocenters. The van der Waals surface area contributed by atoms with Crippen LogP contribution in [0.3, 0.4) is 0 Å². The molecule has 0 saturated carbocycles. The summed E-state index contributed by atoms with van der Waals surface area (Å²) in [7, 11) is 0. The molecule has 176 valence electrons. The van der Waals surface area contributed by atoms with E-state index in [0.29, 0.717) is 30.6 Å². The average molecular weight is 462 g/mol. The van der Waals surface area contributed by atoms with E-state index in [4.69, 9.17) is 4.74 Å². The van der Waals surface area contributed by atoms with Crippen molar-refractivity contribution >= 4 is 12.4 Å². The number of amides is 1. The van der Waals surface area contributed by atoms with Crippen molar-refractivity contribution in [3.05, 3.63) is 65.2 Å². The number of aliphatic hydroxyl groups is 1. The lowest BCUT2D eigenvalue weighted by molar-refractivity contribution is -0.109. The molecule has 1 amide bonds. The van der Waals surface area contributed by atoms with Gasteiger partial charge >= 0.3 is 5.97 Å². The number of nitrogens with one attached hydrogen (secondary N) is 1. The highest BCUT2D eigenvalue weighted by atomic mass is 16.5. The maximum Gasteiger partial charge on any atom is 0.359 e. The lowest BCUT2D eigenvalue weighted by Crippen LogP contribution is -2.20. The fourth-order valence-electron chi connectivity index (χ4n) is 4.19. The second kappa shape index (κ2) is 10.8. The van der Waals surface area contributed by atoms with Crippen LogP contribution < -0.4 is 5.32 Å². The summed E-state index contributed by atoms with van der Waals surface area (Å²) >= 11 is 0. The van der Waals surface area contributed by atoms with Crippen molar-refractivity contribution in [1.29, 1.82) is 0 Å². The SMILES string of the molecule is CCOC(=O)c1nn(-c2cccc(C#CC(O)CCNC=O)c2)c2c1C(n1cccn1)CCC2. The first-order valence-corrected chi connectivity index (χ1v) is 11.4.